The van der Waals surface area contributed by atoms with E-state index in [1.54, 1.807) is 12.1 Å². The molecule has 0 saturated heterocycles. The first-order valence-corrected chi connectivity index (χ1v) is 13.8. The molecule has 0 bridgehead atoms. The van der Waals surface area contributed by atoms with Gasteiger partial charge in [0, 0.05) is 23.5 Å². The largest absolute Gasteiger partial charge is 0.481 e. The molecule has 41 heavy (non-hydrogen) atoms. The molecule has 0 heterocycles. The molecule has 0 aliphatic carbocycles. The van der Waals surface area contributed by atoms with Gasteiger partial charge < -0.3 is 10.4 Å². The van der Waals surface area contributed by atoms with Crippen molar-refractivity contribution in [3.8, 4) is 0 Å². The standard InChI is InChI=1S/C32H26F3NO4S/c33-32(34,35)26-15-13-23(14-16-26)30(38)36-28(17-24-11-6-10-22-9-4-5-12-27(22)24)29(37)18-25(31(39)40)20-41-19-21-7-2-1-3-8-21/h1-17,25H,18-20H2,(H,36,38)(H,39,40)/b28-17+/t25-/m0/s1. The molecule has 0 aromatic heterocycles. The normalized spacial score (nSPS) is 12.6. The van der Waals surface area contributed by atoms with Crippen LogP contribution in [0.4, 0.5) is 13.2 Å². The van der Waals surface area contributed by atoms with E-state index in [1.807, 2.05) is 60.7 Å². The Morgan fingerprint density at radius 3 is 2.20 bits per heavy atom. The Morgan fingerprint density at radius 2 is 1.51 bits per heavy atom. The Labute approximate surface area is 239 Å². The minimum absolute atomic E-state index is 0.0807. The molecule has 1 amide bonds. The highest BCUT2D eigenvalue weighted by Crippen LogP contribution is 2.29. The number of hydrogen-bond acceptors (Lipinski definition) is 4. The number of hydrogen-bond donors (Lipinski definition) is 2. The highest BCUT2D eigenvalue weighted by molar-refractivity contribution is 7.98. The van der Waals surface area contributed by atoms with E-state index in [4.69, 9.17) is 0 Å². The average molecular weight is 578 g/mol. The molecule has 1 atom stereocenters. The summed E-state index contributed by atoms with van der Waals surface area (Å²) in [5.41, 5.74) is 0.500. The van der Waals surface area contributed by atoms with E-state index in [-0.39, 0.29) is 23.4 Å². The Bertz CT molecular complexity index is 1560. The average Bonchev–Trinajstić information content (AvgIpc) is 2.96. The van der Waals surface area contributed by atoms with Crippen molar-refractivity contribution in [3.63, 3.8) is 0 Å². The third-order valence-electron chi connectivity index (χ3n) is 6.36. The molecule has 0 saturated carbocycles. The van der Waals surface area contributed by atoms with Gasteiger partial charge in [0.1, 0.15) is 0 Å². The number of carbonyl (C=O) groups excluding carboxylic acids is 2. The number of thioether (sulfide) groups is 1. The van der Waals surface area contributed by atoms with E-state index >= 15 is 0 Å². The van der Waals surface area contributed by atoms with Crippen LogP contribution < -0.4 is 5.32 Å². The molecule has 0 fully saturated rings. The summed E-state index contributed by atoms with van der Waals surface area (Å²) < 4.78 is 38.9. The maximum absolute atomic E-state index is 13.5. The first-order chi connectivity index (χ1) is 19.6. The van der Waals surface area contributed by atoms with Crippen LogP contribution in [0.3, 0.4) is 0 Å². The zero-order chi connectivity index (χ0) is 29.4. The fraction of sp³-hybridized carbons (Fsp3) is 0.156. The maximum Gasteiger partial charge on any atom is 0.416 e. The number of amides is 1. The van der Waals surface area contributed by atoms with Gasteiger partial charge in [-0.15, -0.1) is 0 Å². The van der Waals surface area contributed by atoms with Crippen LogP contribution in [0.5, 0.6) is 0 Å². The van der Waals surface area contributed by atoms with Crippen LogP contribution in [0.2, 0.25) is 0 Å². The van der Waals surface area contributed by atoms with Gasteiger partial charge in [-0.05, 0) is 52.2 Å². The van der Waals surface area contributed by atoms with Crippen LogP contribution >= 0.6 is 11.8 Å². The van der Waals surface area contributed by atoms with Gasteiger partial charge >= 0.3 is 12.1 Å². The number of rotatable bonds is 11. The summed E-state index contributed by atoms with van der Waals surface area (Å²) in [5, 5.41) is 14.0. The van der Waals surface area contributed by atoms with Crippen LogP contribution in [0.15, 0.2) is 103 Å². The van der Waals surface area contributed by atoms with Crippen LogP contribution in [0.1, 0.15) is 33.5 Å². The van der Waals surface area contributed by atoms with Gasteiger partial charge in [0.2, 0.25) is 0 Å². The number of halogens is 3. The monoisotopic (exact) mass is 577 g/mol. The summed E-state index contributed by atoms with van der Waals surface area (Å²) in [5.74, 6) is -2.81. The van der Waals surface area contributed by atoms with Gasteiger partial charge in [0.15, 0.2) is 5.78 Å². The molecule has 0 spiro atoms. The molecule has 4 aromatic rings. The summed E-state index contributed by atoms with van der Waals surface area (Å²) >= 11 is 1.38. The fourth-order valence-corrected chi connectivity index (χ4v) is 5.26. The summed E-state index contributed by atoms with van der Waals surface area (Å²) in [6.45, 7) is 0. The molecule has 210 valence electrons. The lowest BCUT2D eigenvalue weighted by Crippen LogP contribution is -2.30. The number of aliphatic carboxylic acids is 1. The van der Waals surface area contributed by atoms with E-state index in [2.05, 4.69) is 5.32 Å². The van der Waals surface area contributed by atoms with Gasteiger partial charge in [-0.2, -0.15) is 24.9 Å². The summed E-state index contributed by atoms with van der Waals surface area (Å²) in [4.78, 5) is 38.5. The first kappa shape index (κ1) is 29.6. The number of ketones is 1. The second-order valence-corrected chi connectivity index (χ2v) is 10.3. The minimum atomic E-state index is -4.56. The van der Waals surface area contributed by atoms with Gasteiger partial charge in [-0.3, -0.25) is 14.4 Å². The lowest BCUT2D eigenvalue weighted by atomic mass is 9.99. The predicted octanol–water partition coefficient (Wildman–Crippen LogP) is 7.22. The predicted molar refractivity (Wildman–Crippen MR) is 154 cm³/mol. The number of allylic oxidation sites excluding steroid dienone is 1. The van der Waals surface area contributed by atoms with E-state index in [0.29, 0.717) is 11.3 Å². The molecule has 4 rings (SSSR count). The van der Waals surface area contributed by atoms with Crippen molar-refractivity contribution in [2.24, 2.45) is 5.92 Å². The molecule has 2 N–H and O–H groups in total. The molecular formula is C32H26F3NO4S. The second kappa shape index (κ2) is 13.3. The SMILES string of the molecule is O=C(C[C@@H](CSCc1ccccc1)C(=O)O)/C(=C\c1cccc2ccccc12)NC(=O)c1ccc(C(F)(F)F)cc1. The quantitative estimate of drug-likeness (QED) is 0.184. The Kier molecular flexibility index (Phi) is 9.62. The molecular weight excluding hydrogens is 551 g/mol. The van der Waals surface area contributed by atoms with Gasteiger partial charge in [0.25, 0.3) is 5.91 Å². The lowest BCUT2D eigenvalue weighted by molar-refractivity contribution is -0.142. The lowest BCUT2D eigenvalue weighted by Gasteiger charge is -2.15. The molecule has 0 aliphatic heterocycles. The molecule has 0 unspecified atom stereocenters. The van der Waals surface area contributed by atoms with Crippen molar-refractivity contribution in [2.75, 3.05) is 5.75 Å². The van der Waals surface area contributed by atoms with E-state index < -0.39 is 35.3 Å². The third kappa shape index (κ3) is 8.08. The van der Waals surface area contributed by atoms with Crippen LogP contribution in [-0.2, 0) is 21.5 Å². The Balaban J connectivity index is 1.59. The smallest absolute Gasteiger partial charge is 0.416 e. The Hall–Kier alpha value is -4.37. The fourth-order valence-electron chi connectivity index (χ4n) is 4.17. The highest BCUT2D eigenvalue weighted by Gasteiger charge is 2.30. The van der Waals surface area contributed by atoms with Gasteiger partial charge in [0.05, 0.1) is 17.2 Å². The third-order valence-corrected chi connectivity index (χ3v) is 7.53. The zero-order valence-electron chi connectivity index (χ0n) is 21.7. The van der Waals surface area contributed by atoms with Crippen molar-refractivity contribution < 1.29 is 32.7 Å². The Morgan fingerprint density at radius 1 is 0.854 bits per heavy atom. The molecule has 0 radical (unpaired) electrons. The van der Waals surface area contributed by atoms with Crippen molar-refractivity contribution >= 4 is 46.3 Å². The number of nitrogens with one attached hydrogen (secondary N) is 1. The molecule has 4 aromatic carbocycles. The molecule has 9 heteroatoms. The number of benzene rings is 4. The maximum atomic E-state index is 13.5. The van der Waals surface area contributed by atoms with Gasteiger partial charge in [-0.25, -0.2) is 0 Å². The topological polar surface area (TPSA) is 83.5 Å². The highest BCUT2D eigenvalue weighted by atomic mass is 32.2. The van der Waals surface area contributed by atoms with Crippen molar-refractivity contribution in [1.29, 1.82) is 0 Å². The van der Waals surface area contributed by atoms with Crippen LogP contribution in [-0.4, -0.2) is 28.5 Å². The van der Waals surface area contributed by atoms with Crippen molar-refractivity contribution in [3.05, 3.63) is 125 Å². The van der Waals surface area contributed by atoms with Crippen LogP contribution in [0, 0.1) is 5.92 Å². The number of carboxylic acid groups (broad SMARTS) is 1. The van der Waals surface area contributed by atoms with E-state index in [1.165, 1.54) is 17.8 Å². The number of carbonyl (C=O) groups is 3. The second-order valence-electron chi connectivity index (χ2n) is 9.32. The number of Topliss-reactive ketones (excluding diaryl/α,β-unsaturated/α-hetero) is 1. The summed E-state index contributed by atoms with van der Waals surface area (Å²) in [6, 6.07) is 26.0. The minimum Gasteiger partial charge on any atom is -0.481 e. The van der Waals surface area contributed by atoms with E-state index in [9.17, 15) is 32.7 Å². The summed E-state index contributed by atoms with van der Waals surface area (Å²) in [7, 11) is 0. The number of fused-ring (bicyclic) bond motifs is 1. The zero-order valence-corrected chi connectivity index (χ0v) is 22.5. The van der Waals surface area contributed by atoms with Crippen LogP contribution in [0.25, 0.3) is 16.8 Å². The summed E-state index contributed by atoms with van der Waals surface area (Å²) in [6.07, 6.45) is -3.46. The molecule has 0 aliphatic rings. The van der Waals surface area contributed by atoms with E-state index in [0.717, 1.165) is 40.6 Å². The number of alkyl halides is 3. The number of carboxylic acids is 1. The van der Waals surface area contributed by atoms with Gasteiger partial charge in [-0.1, -0.05) is 72.8 Å². The van der Waals surface area contributed by atoms with Crippen molar-refractivity contribution in [1.82, 2.24) is 5.32 Å². The van der Waals surface area contributed by atoms with Crippen molar-refractivity contribution in [2.45, 2.75) is 18.3 Å². The first-order valence-electron chi connectivity index (χ1n) is 12.7. The molecule has 5 nitrogen and oxygen atoms in total.